The number of rotatable bonds is 12. The lowest BCUT2D eigenvalue weighted by Gasteiger charge is -2.34. The van der Waals surface area contributed by atoms with Crippen molar-refractivity contribution in [2.75, 3.05) is 4.90 Å². The second-order valence-corrected chi connectivity index (χ2v) is 23.7. The fourth-order valence-corrected chi connectivity index (χ4v) is 16.8. The zero-order valence-corrected chi connectivity index (χ0v) is 42.9. The minimum atomic E-state index is -2.74. The molecule has 3 heterocycles. The highest BCUT2D eigenvalue weighted by molar-refractivity contribution is 7.16. The van der Waals surface area contributed by atoms with E-state index in [4.69, 9.17) is 6.58 Å². The minimum absolute atomic E-state index is 1.08. The van der Waals surface area contributed by atoms with Gasteiger partial charge in [0.15, 0.2) is 8.07 Å². The van der Waals surface area contributed by atoms with Gasteiger partial charge in [0.05, 0.1) is 27.6 Å². The molecule has 0 saturated carbocycles. The Bertz CT molecular complexity index is 4470. The van der Waals surface area contributed by atoms with Crippen LogP contribution < -0.4 is 20.5 Å². The molecule has 4 heteroatoms. The smallest absolute Gasteiger partial charge is 0.179 e. The van der Waals surface area contributed by atoms with Crippen molar-refractivity contribution < 1.29 is 0 Å². The molecule has 14 rings (SSSR count). The number of anilines is 3. The number of allylic oxidation sites excluding steroid dienone is 4. The first-order chi connectivity index (χ1) is 37.6. The fraction of sp³-hybridized carbons (Fsp3) is 0. The van der Waals surface area contributed by atoms with Crippen molar-refractivity contribution in [1.82, 2.24) is 8.97 Å². The van der Waals surface area contributed by atoms with Crippen molar-refractivity contribution in [3.8, 4) is 27.9 Å². The van der Waals surface area contributed by atoms with Crippen LogP contribution in [-0.2, 0) is 0 Å². The summed E-state index contributed by atoms with van der Waals surface area (Å²) in [7, 11) is -2.74. The molecule has 0 amide bonds. The summed E-state index contributed by atoms with van der Waals surface area (Å²) in [6.45, 7) is 8.76. The average Bonchev–Trinajstić information content (AvgIpc) is 4.21. The molecule has 11 aromatic carbocycles. The molecule has 0 fully saturated rings. The van der Waals surface area contributed by atoms with Crippen LogP contribution in [0.15, 0.2) is 304 Å². The van der Waals surface area contributed by atoms with Gasteiger partial charge in [-0.3, -0.25) is 0 Å². The Labute approximate surface area is 443 Å². The molecule has 0 bridgehead atoms. The second kappa shape index (κ2) is 18.3. The van der Waals surface area contributed by atoms with Crippen LogP contribution in [0.1, 0.15) is 0 Å². The minimum Gasteiger partial charge on any atom is -0.310 e. The summed E-state index contributed by atoms with van der Waals surface area (Å²) in [4.78, 5) is 2.40. The first-order valence-electron chi connectivity index (χ1n) is 26.1. The zero-order chi connectivity index (χ0) is 50.7. The van der Waals surface area contributed by atoms with Gasteiger partial charge < -0.3 is 13.9 Å². The molecule has 0 aliphatic carbocycles. The monoisotopic (exact) mass is 985 g/mol. The Morgan fingerprint density at radius 2 is 0.803 bits per heavy atom. The molecule has 0 radical (unpaired) electrons. The summed E-state index contributed by atoms with van der Waals surface area (Å²) in [5, 5.41) is 12.5. The van der Waals surface area contributed by atoms with Crippen LogP contribution >= 0.6 is 0 Å². The first kappa shape index (κ1) is 44.9. The second-order valence-electron chi connectivity index (χ2n) is 19.8. The maximum absolute atomic E-state index is 4.77. The van der Waals surface area contributed by atoms with Gasteiger partial charge in [-0.05, 0) is 117 Å². The molecular weight excluding hydrogens is 935 g/mol. The highest BCUT2D eigenvalue weighted by Crippen LogP contribution is 2.44. The number of hydrogen-bond acceptors (Lipinski definition) is 1. The van der Waals surface area contributed by atoms with Gasteiger partial charge in [0.1, 0.15) is 0 Å². The predicted molar refractivity (Wildman–Crippen MR) is 327 cm³/mol. The van der Waals surface area contributed by atoms with Gasteiger partial charge in [-0.1, -0.05) is 225 Å². The number of benzene rings is 11. The molecule has 0 spiro atoms. The molecule has 0 aliphatic rings. The molecule has 0 atom stereocenters. The Hall–Kier alpha value is -9.74. The fourth-order valence-electron chi connectivity index (χ4n) is 12.3. The average molecular weight is 986 g/mol. The summed E-state index contributed by atoms with van der Waals surface area (Å²) in [6.07, 6.45) is 6.00. The highest BCUT2D eigenvalue weighted by atomic mass is 28.3. The Morgan fingerprint density at radius 1 is 0.368 bits per heavy atom. The first-order valence-corrected chi connectivity index (χ1v) is 28.1. The number of nitrogens with zero attached hydrogens (tertiary/aromatic N) is 3. The van der Waals surface area contributed by atoms with E-state index in [-0.39, 0.29) is 0 Å². The largest absolute Gasteiger partial charge is 0.310 e. The van der Waals surface area contributed by atoms with E-state index in [0.717, 1.165) is 39.1 Å². The number of fused-ring (bicyclic) bond motifs is 9. The Morgan fingerprint density at radius 3 is 1.43 bits per heavy atom. The maximum atomic E-state index is 4.77. The lowest BCUT2D eigenvalue weighted by molar-refractivity contribution is 1.18. The van der Waals surface area contributed by atoms with Crippen LogP contribution in [0.5, 0.6) is 0 Å². The van der Waals surface area contributed by atoms with Gasteiger partial charge in [-0.2, -0.15) is 0 Å². The van der Waals surface area contributed by atoms with Gasteiger partial charge >= 0.3 is 0 Å². The highest BCUT2D eigenvalue weighted by Gasteiger charge is 2.41. The molecule has 0 unspecified atom stereocenters. The van der Waals surface area contributed by atoms with Crippen LogP contribution in [0.4, 0.5) is 17.1 Å². The summed E-state index contributed by atoms with van der Waals surface area (Å²) in [5.41, 5.74) is 15.2. The summed E-state index contributed by atoms with van der Waals surface area (Å²) in [5.74, 6) is 0. The van der Waals surface area contributed by atoms with Gasteiger partial charge in [-0.25, -0.2) is 0 Å². The molecule has 14 aromatic rings. The quantitative estimate of drug-likeness (QED) is 0.0675. The van der Waals surface area contributed by atoms with Crippen LogP contribution in [0.3, 0.4) is 0 Å². The third-order valence-corrected chi connectivity index (χ3v) is 20.4. The molecule has 76 heavy (non-hydrogen) atoms. The van der Waals surface area contributed by atoms with Crippen molar-refractivity contribution in [3.63, 3.8) is 0 Å². The summed E-state index contributed by atoms with van der Waals surface area (Å²) >= 11 is 0. The van der Waals surface area contributed by atoms with Crippen molar-refractivity contribution in [1.29, 1.82) is 0 Å². The third kappa shape index (κ3) is 7.10. The summed E-state index contributed by atoms with van der Waals surface area (Å²) < 4.78 is 4.82. The molecular formula is C72H51N3Si. The Balaban J connectivity index is 0.868. The number of aromatic nitrogens is 2. The van der Waals surface area contributed by atoms with E-state index >= 15 is 0 Å². The van der Waals surface area contributed by atoms with Gasteiger partial charge in [0.25, 0.3) is 0 Å². The number of hydrogen-bond donors (Lipinski definition) is 0. The van der Waals surface area contributed by atoms with E-state index in [1.165, 1.54) is 86.6 Å². The summed E-state index contributed by atoms with van der Waals surface area (Å²) in [6, 6.07) is 98.1. The van der Waals surface area contributed by atoms with Crippen molar-refractivity contribution in [3.05, 3.63) is 304 Å². The Kier molecular flexibility index (Phi) is 10.8. The molecule has 3 aromatic heterocycles. The van der Waals surface area contributed by atoms with E-state index in [9.17, 15) is 0 Å². The van der Waals surface area contributed by atoms with Crippen LogP contribution in [0, 0.1) is 0 Å². The SMILES string of the molecule is C=C/C=C\C(=C)[Si](c1ccccc1)(c1ccccc1)c1ccc(-c2ccc(N(c3ccc(-c4ccc5c(c4)c4ccccc4n5-c4ccccc4)cc3)c3ccc4c(c3)c3cccc5c6ccccc6n4c53)cc2)cc1. The molecule has 358 valence electrons. The normalized spacial score (nSPS) is 12.0. The molecule has 0 saturated heterocycles. The van der Waals surface area contributed by atoms with Gasteiger partial charge in [-0.15, -0.1) is 0 Å². The van der Waals surface area contributed by atoms with Crippen molar-refractivity contribution >= 4 is 101 Å². The van der Waals surface area contributed by atoms with E-state index in [0.29, 0.717) is 0 Å². The molecule has 0 aliphatic heterocycles. The van der Waals surface area contributed by atoms with Crippen LogP contribution in [-0.4, -0.2) is 17.0 Å². The van der Waals surface area contributed by atoms with E-state index < -0.39 is 8.07 Å². The van der Waals surface area contributed by atoms with E-state index in [2.05, 4.69) is 293 Å². The lowest BCUT2D eigenvalue weighted by Crippen LogP contribution is -2.68. The van der Waals surface area contributed by atoms with E-state index in [1.807, 2.05) is 12.2 Å². The van der Waals surface area contributed by atoms with Crippen molar-refractivity contribution in [2.45, 2.75) is 0 Å². The van der Waals surface area contributed by atoms with Gasteiger partial charge in [0, 0.05) is 55.1 Å². The van der Waals surface area contributed by atoms with E-state index in [1.54, 1.807) is 0 Å². The standard InChI is InChI=1S/C72H51N3Si/c1-3-4-19-50(2)76(59-22-10-6-11-23-59,60-24-12-7-13-25-60)61-44-36-52(37-45-61)51-32-39-56(40-33-51)73(58-43-47-71-67(49-58)65-29-18-28-64-62-26-14-17-31-69(62)75(71)72(64)65)57-41-34-53(35-42-57)54-38-46-70-66(48-54)63-27-15-16-30-68(63)74(70)55-20-8-5-9-21-55/h3-49H,1-2H2/b19-4-. The molecule has 3 nitrogen and oxygen atoms in total. The van der Waals surface area contributed by atoms with Crippen molar-refractivity contribution in [2.24, 2.45) is 0 Å². The topological polar surface area (TPSA) is 12.6 Å². The van der Waals surface area contributed by atoms with Crippen LogP contribution in [0.25, 0.3) is 87.8 Å². The number of para-hydroxylation sites is 4. The van der Waals surface area contributed by atoms with Crippen LogP contribution in [0.2, 0.25) is 0 Å². The predicted octanol–water partition coefficient (Wildman–Crippen LogP) is 17.0. The maximum Gasteiger partial charge on any atom is 0.179 e. The zero-order valence-electron chi connectivity index (χ0n) is 41.9. The van der Waals surface area contributed by atoms with Gasteiger partial charge in [0.2, 0.25) is 0 Å². The molecule has 0 N–H and O–H groups in total. The lowest BCUT2D eigenvalue weighted by atomic mass is 10.0. The third-order valence-electron chi connectivity index (χ3n) is 15.7.